The van der Waals surface area contributed by atoms with Crippen molar-refractivity contribution in [3.05, 3.63) is 65.9 Å². The zero-order valence-corrected chi connectivity index (χ0v) is 14.6. The van der Waals surface area contributed by atoms with Gasteiger partial charge in [0.05, 0.1) is 18.9 Å². The third-order valence-electron chi connectivity index (χ3n) is 3.97. The van der Waals surface area contributed by atoms with E-state index in [0.29, 0.717) is 13.2 Å². The van der Waals surface area contributed by atoms with Gasteiger partial charge >= 0.3 is 0 Å². The molecule has 130 valence electrons. The number of aliphatic hydroxyl groups is 1. The molecule has 0 bridgehead atoms. The smallest absolute Gasteiger partial charge is 0.124 e. The molecule has 0 aliphatic rings. The van der Waals surface area contributed by atoms with Crippen LogP contribution in [0, 0.1) is 0 Å². The van der Waals surface area contributed by atoms with Crippen LogP contribution in [0.5, 0.6) is 5.75 Å². The molecule has 2 aromatic carbocycles. The molecule has 0 radical (unpaired) electrons. The van der Waals surface area contributed by atoms with Gasteiger partial charge in [-0.05, 0) is 25.1 Å². The molecule has 0 saturated heterocycles. The van der Waals surface area contributed by atoms with Gasteiger partial charge in [0.15, 0.2) is 0 Å². The van der Waals surface area contributed by atoms with E-state index in [9.17, 15) is 5.11 Å². The number of nitrogens with one attached hydrogen (secondary N) is 1. The van der Waals surface area contributed by atoms with Gasteiger partial charge in [0.1, 0.15) is 5.75 Å². The van der Waals surface area contributed by atoms with E-state index in [1.807, 2.05) is 61.2 Å². The summed E-state index contributed by atoms with van der Waals surface area (Å²) in [5, 5.41) is 17.5. The number of rotatable bonds is 7. The lowest BCUT2D eigenvalue weighted by atomic mass is 10.1. The molecule has 5 heteroatoms. The lowest BCUT2D eigenvalue weighted by Gasteiger charge is -2.12. The fraction of sp³-hybridized carbons (Fsp3) is 0.250. The number of aromatic nitrogens is 2. The summed E-state index contributed by atoms with van der Waals surface area (Å²) in [6, 6.07) is 15.9. The molecule has 0 saturated carbocycles. The van der Waals surface area contributed by atoms with E-state index in [1.54, 1.807) is 0 Å². The highest BCUT2D eigenvalue weighted by atomic mass is 16.5. The highest BCUT2D eigenvalue weighted by Gasteiger charge is 2.10. The molecule has 0 aliphatic carbocycles. The molecule has 1 aromatic heterocycles. The average molecular weight is 337 g/mol. The Morgan fingerprint density at radius 1 is 1.12 bits per heavy atom. The Balaban J connectivity index is 1.78. The zero-order chi connectivity index (χ0) is 17.6. The maximum absolute atomic E-state index is 9.53. The minimum Gasteiger partial charge on any atom is -0.494 e. The first kappa shape index (κ1) is 17.0. The molecule has 5 nitrogen and oxygen atoms in total. The molecule has 0 aliphatic heterocycles. The number of aliphatic hydroxyl groups excluding tert-OH is 1. The van der Waals surface area contributed by atoms with E-state index in [4.69, 9.17) is 4.74 Å². The van der Waals surface area contributed by atoms with Crippen molar-refractivity contribution in [1.29, 1.82) is 0 Å². The Morgan fingerprint density at radius 2 is 1.92 bits per heavy atom. The number of hydrogen-bond acceptors (Lipinski definition) is 4. The zero-order valence-electron chi connectivity index (χ0n) is 14.6. The number of nitrogens with zero attached hydrogens (tertiary/aromatic N) is 2. The van der Waals surface area contributed by atoms with Gasteiger partial charge in [0.2, 0.25) is 0 Å². The SMILES string of the molecule is CCOc1ccc(NCc2cn(C)nc2-c2ccccc2)cc1CO. The number of benzene rings is 2. The normalized spacial score (nSPS) is 10.7. The van der Waals surface area contributed by atoms with E-state index >= 15 is 0 Å². The summed E-state index contributed by atoms with van der Waals surface area (Å²) < 4.78 is 7.35. The molecular formula is C20H23N3O2. The van der Waals surface area contributed by atoms with Crippen molar-refractivity contribution in [2.24, 2.45) is 7.05 Å². The summed E-state index contributed by atoms with van der Waals surface area (Å²) in [5.41, 5.74) is 4.91. The van der Waals surface area contributed by atoms with Crippen molar-refractivity contribution >= 4 is 5.69 Å². The first-order valence-corrected chi connectivity index (χ1v) is 8.39. The Bertz CT molecular complexity index is 828. The minimum absolute atomic E-state index is 0.0486. The molecule has 0 unspecified atom stereocenters. The van der Waals surface area contributed by atoms with Crippen LogP contribution in [0.15, 0.2) is 54.7 Å². The van der Waals surface area contributed by atoms with Crippen LogP contribution >= 0.6 is 0 Å². The van der Waals surface area contributed by atoms with Gasteiger partial charge in [-0.25, -0.2) is 0 Å². The van der Waals surface area contributed by atoms with Crippen LogP contribution < -0.4 is 10.1 Å². The van der Waals surface area contributed by atoms with Crippen LogP contribution in [0.1, 0.15) is 18.1 Å². The predicted octanol–water partition coefficient (Wildman–Crippen LogP) is 3.59. The summed E-state index contributed by atoms with van der Waals surface area (Å²) in [7, 11) is 1.93. The maximum atomic E-state index is 9.53. The molecule has 25 heavy (non-hydrogen) atoms. The second-order valence-electron chi connectivity index (χ2n) is 5.81. The predicted molar refractivity (Wildman–Crippen MR) is 99.5 cm³/mol. The van der Waals surface area contributed by atoms with E-state index in [2.05, 4.69) is 22.5 Å². The van der Waals surface area contributed by atoms with Crippen molar-refractivity contribution < 1.29 is 9.84 Å². The van der Waals surface area contributed by atoms with Crippen molar-refractivity contribution in [3.63, 3.8) is 0 Å². The lowest BCUT2D eigenvalue weighted by Crippen LogP contribution is -2.02. The molecule has 0 atom stereocenters. The van der Waals surface area contributed by atoms with Gasteiger partial charge in [-0.2, -0.15) is 5.10 Å². The molecule has 3 aromatic rings. The highest BCUT2D eigenvalue weighted by molar-refractivity contribution is 5.63. The summed E-state index contributed by atoms with van der Waals surface area (Å²) in [5.74, 6) is 0.724. The Kier molecular flexibility index (Phi) is 5.36. The molecule has 2 N–H and O–H groups in total. The molecule has 3 rings (SSSR count). The van der Waals surface area contributed by atoms with Crippen molar-refractivity contribution in [2.45, 2.75) is 20.1 Å². The number of hydrogen-bond donors (Lipinski definition) is 2. The van der Waals surface area contributed by atoms with Crippen LogP contribution in [0.3, 0.4) is 0 Å². The Morgan fingerprint density at radius 3 is 2.64 bits per heavy atom. The number of anilines is 1. The van der Waals surface area contributed by atoms with Gasteiger partial charge < -0.3 is 15.2 Å². The quantitative estimate of drug-likeness (QED) is 0.692. The number of ether oxygens (including phenoxy) is 1. The fourth-order valence-electron chi connectivity index (χ4n) is 2.81. The third-order valence-corrected chi connectivity index (χ3v) is 3.97. The second kappa shape index (κ2) is 7.85. The molecule has 1 heterocycles. The standard InChI is InChI=1S/C20H23N3O2/c1-3-25-19-10-9-18(11-16(19)14-24)21-12-17-13-23(2)22-20(17)15-7-5-4-6-8-15/h4-11,13,21,24H,3,12,14H2,1-2H3. The fourth-order valence-corrected chi connectivity index (χ4v) is 2.81. The van der Waals surface area contributed by atoms with Crippen LogP contribution in [0.4, 0.5) is 5.69 Å². The van der Waals surface area contributed by atoms with Crippen LogP contribution in [0.25, 0.3) is 11.3 Å². The Hall–Kier alpha value is -2.79. The summed E-state index contributed by atoms with van der Waals surface area (Å²) >= 11 is 0. The van der Waals surface area contributed by atoms with Crippen molar-refractivity contribution in [1.82, 2.24) is 9.78 Å². The highest BCUT2D eigenvalue weighted by Crippen LogP contribution is 2.25. The van der Waals surface area contributed by atoms with Crippen molar-refractivity contribution in [2.75, 3.05) is 11.9 Å². The summed E-state index contributed by atoms with van der Waals surface area (Å²) in [4.78, 5) is 0. The van der Waals surface area contributed by atoms with Crippen LogP contribution in [-0.4, -0.2) is 21.5 Å². The topological polar surface area (TPSA) is 59.3 Å². The van der Waals surface area contributed by atoms with Gasteiger partial charge in [0.25, 0.3) is 0 Å². The lowest BCUT2D eigenvalue weighted by molar-refractivity contribution is 0.267. The maximum Gasteiger partial charge on any atom is 0.124 e. The van der Waals surface area contributed by atoms with Crippen molar-refractivity contribution in [3.8, 4) is 17.0 Å². The molecule has 0 fully saturated rings. The van der Waals surface area contributed by atoms with Crippen LogP contribution in [-0.2, 0) is 20.2 Å². The van der Waals surface area contributed by atoms with E-state index in [1.165, 1.54) is 0 Å². The summed E-state index contributed by atoms with van der Waals surface area (Å²) in [6.07, 6.45) is 2.02. The van der Waals surface area contributed by atoms with Gasteiger partial charge in [-0.15, -0.1) is 0 Å². The van der Waals surface area contributed by atoms with E-state index in [0.717, 1.165) is 33.8 Å². The van der Waals surface area contributed by atoms with Gasteiger partial charge in [-0.3, -0.25) is 4.68 Å². The molecular weight excluding hydrogens is 314 g/mol. The second-order valence-corrected chi connectivity index (χ2v) is 5.81. The average Bonchev–Trinajstić information content (AvgIpc) is 3.02. The molecule has 0 spiro atoms. The minimum atomic E-state index is -0.0486. The monoisotopic (exact) mass is 337 g/mol. The number of aryl methyl sites for hydroxylation is 1. The first-order valence-electron chi connectivity index (χ1n) is 8.39. The first-order chi connectivity index (χ1) is 12.2. The third kappa shape index (κ3) is 4.00. The summed E-state index contributed by atoms with van der Waals surface area (Å²) in [6.45, 7) is 3.11. The van der Waals surface area contributed by atoms with E-state index in [-0.39, 0.29) is 6.61 Å². The largest absolute Gasteiger partial charge is 0.494 e. The van der Waals surface area contributed by atoms with Crippen LogP contribution in [0.2, 0.25) is 0 Å². The van der Waals surface area contributed by atoms with Gasteiger partial charge in [-0.1, -0.05) is 30.3 Å². The van der Waals surface area contributed by atoms with Gasteiger partial charge in [0, 0.05) is 42.2 Å². The molecule has 0 amide bonds. The van der Waals surface area contributed by atoms with E-state index < -0.39 is 0 Å². The Labute approximate surface area is 147 Å².